The van der Waals surface area contributed by atoms with Crippen LogP contribution in [0.25, 0.3) is 22.3 Å². The highest BCUT2D eigenvalue weighted by atomic mass is 35.5. The molecule has 3 aromatic rings. The Kier molecular flexibility index (Phi) is 6.46. The zero-order valence-electron chi connectivity index (χ0n) is 18.9. The molecule has 2 aliphatic rings. The predicted octanol–water partition coefficient (Wildman–Crippen LogP) is 3.85. The van der Waals surface area contributed by atoms with E-state index in [1.54, 1.807) is 12.3 Å². The van der Waals surface area contributed by atoms with Crippen LogP contribution in [0.4, 0.5) is 5.95 Å². The third-order valence-electron chi connectivity index (χ3n) is 6.92. The Labute approximate surface area is 198 Å². The first-order valence-corrected chi connectivity index (χ1v) is 12.2. The van der Waals surface area contributed by atoms with Gasteiger partial charge in [-0.1, -0.05) is 18.5 Å². The summed E-state index contributed by atoms with van der Waals surface area (Å²) in [6.07, 6.45) is 8.45. The van der Waals surface area contributed by atoms with Gasteiger partial charge in [0.05, 0.1) is 11.6 Å². The van der Waals surface area contributed by atoms with Crippen LogP contribution in [0, 0.1) is 5.92 Å². The lowest BCUT2D eigenvalue weighted by Gasteiger charge is -2.30. The van der Waals surface area contributed by atoms with Gasteiger partial charge in [0, 0.05) is 48.0 Å². The number of fused-ring (bicyclic) bond motifs is 1. The molecular weight excluding hydrogens is 438 g/mol. The molecule has 0 radical (unpaired) electrons. The first kappa shape index (κ1) is 22.1. The van der Waals surface area contributed by atoms with Crippen LogP contribution in [0.3, 0.4) is 0 Å². The topological polar surface area (TPSA) is 98.8 Å². The van der Waals surface area contributed by atoms with Gasteiger partial charge in [-0.05, 0) is 57.3 Å². The summed E-state index contributed by atoms with van der Waals surface area (Å²) in [5.74, 6) is 0.894. The normalized spacial score (nSPS) is 23.6. The van der Waals surface area contributed by atoms with Gasteiger partial charge in [-0.3, -0.25) is 4.79 Å². The Morgan fingerprint density at radius 1 is 1.21 bits per heavy atom. The second-order valence-electron chi connectivity index (χ2n) is 9.08. The Balaban J connectivity index is 1.19. The van der Waals surface area contributed by atoms with Crippen LogP contribution >= 0.6 is 11.6 Å². The minimum atomic E-state index is 0.138. The maximum atomic E-state index is 12.6. The van der Waals surface area contributed by atoms with Crippen LogP contribution < -0.4 is 10.6 Å². The van der Waals surface area contributed by atoms with Crippen LogP contribution in [-0.4, -0.2) is 62.5 Å². The number of anilines is 1. The number of carbonyl (C=O) groups excluding carboxylic acids is 1. The van der Waals surface area contributed by atoms with Gasteiger partial charge in [0.15, 0.2) is 0 Å². The summed E-state index contributed by atoms with van der Waals surface area (Å²) in [6.45, 7) is 5.09. The van der Waals surface area contributed by atoms with Crippen molar-refractivity contribution in [2.24, 2.45) is 5.92 Å². The van der Waals surface area contributed by atoms with E-state index < -0.39 is 0 Å². The third-order valence-corrected chi connectivity index (χ3v) is 7.11. The number of amides is 1. The second kappa shape index (κ2) is 9.65. The highest BCUT2D eigenvalue weighted by molar-refractivity contribution is 6.29. The van der Waals surface area contributed by atoms with E-state index in [-0.39, 0.29) is 23.9 Å². The first-order valence-electron chi connectivity index (χ1n) is 11.9. The summed E-state index contributed by atoms with van der Waals surface area (Å²) in [5, 5.41) is 8.15. The number of hydrogen-bond acceptors (Lipinski definition) is 6. The Hall–Kier alpha value is -2.71. The highest BCUT2D eigenvalue weighted by Gasteiger charge is 2.30. The number of halogens is 1. The van der Waals surface area contributed by atoms with E-state index in [0.717, 1.165) is 74.0 Å². The molecule has 0 aromatic carbocycles. The number of pyridine rings is 1. The average Bonchev–Trinajstić information content (AvgIpc) is 3.47. The van der Waals surface area contributed by atoms with E-state index in [1.807, 2.05) is 18.3 Å². The van der Waals surface area contributed by atoms with E-state index >= 15 is 0 Å². The van der Waals surface area contributed by atoms with Crippen molar-refractivity contribution in [1.82, 2.24) is 30.2 Å². The molecule has 3 aromatic heterocycles. The Bertz CT molecular complexity index is 1120. The lowest BCUT2D eigenvalue weighted by Crippen LogP contribution is -2.43. The fourth-order valence-electron chi connectivity index (χ4n) is 5.01. The van der Waals surface area contributed by atoms with Crippen LogP contribution in [0.15, 0.2) is 30.6 Å². The lowest BCUT2D eigenvalue weighted by atomic mass is 9.90. The van der Waals surface area contributed by atoms with Crippen molar-refractivity contribution in [1.29, 1.82) is 0 Å². The molecule has 4 heterocycles. The van der Waals surface area contributed by atoms with E-state index in [9.17, 15) is 4.79 Å². The quantitative estimate of drug-likeness (QED) is 0.476. The van der Waals surface area contributed by atoms with E-state index in [0.29, 0.717) is 11.1 Å². The van der Waals surface area contributed by atoms with Crippen molar-refractivity contribution in [3.63, 3.8) is 0 Å². The molecule has 1 amide bonds. The average molecular weight is 468 g/mol. The Morgan fingerprint density at radius 2 is 2.03 bits per heavy atom. The molecule has 1 unspecified atom stereocenters. The molecule has 0 spiro atoms. The maximum Gasteiger partial charge on any atom is 0.224 e. The van der Waals surface area contributed by atoms with Gasteiger partial charge in [-0.25, -0.2) is 15.0 Å². The second-order valence-corrected chi connectivity index (χ2v) is 9.47. The zero-order valence-corrected chi connectivity index (χ0v) is 19.6. The molecule has 3 N–H and O–H groups in total. The van der Waals surface area contributed by atoms with Gasteiger partial charge in [-0.15, -0.1) is 0 Å². The zero-order chi connectivity index (χ0) is 22.8. The maximum absolute atomic E-state index is 12.6. The Morgan fingerprint density at radius 3 is 2.82 bits per heavy atom. The molecule has 9 heteroatoms. The SMILES string of the molecule is CCN1CCC(C(=O)NC2CCC(Nc3nc(Cl)cc(-c4c[nH]c5ncccc45)n3)CC2)C1. The van der Waals surface area contributed by atoms with Gasteiger partial charge < -0.3 is 20.5 Å². The van der Waals surface area contributed by atoms with Crippen molar-refractivity contribution in [3.8, 4) is 11.3 Å². The molecule has 1 saturated carbocycles. The molecular formula is C24H30ClN7O. The van der Waals surface area contributed by atoms with Crippen molar-refractivity contribution in [2.45, 2.75) is 51.1 Å². The fraction of sp³-hybridized carbons (Fsp3) is 0.500. The predicted molar refractivity (Wildman–Crippen MR) is 130 cm³/mol. The number of aromatic amines is 1. The largest absolute Gasteiger partial charge is 0.353 e. The van der Waals surface area contributed by atoms with Crippen LogP contribution in [0.5, 0.6) is 0 Å². The van der Waals surface area contributed by atoms with E-state index in [1.165, 1.54) is 0 Å². The van der Waals surface area contributed by atoms with E-state index in [2.05, 4.69) is 37.4 Å². The summed E-state index contributed by atoms with van der Waals surface area (Å²) in [6, 6.07) is 6.21. The summed E-state index contributed by atoms with van der Waals surface area (Å²) < 4.78 is 0. The fourth-order valence-corrected chi connectivity index (χ4v) is 5.19. The number of nitrogens with one attached hydrogen (secondary N) is 3. The molecule has 2 fully saturated rings. The number of rotatable bonds is 6. The van der Waals surface area contributed by atoms with Crippen molar-refractivity contribution < 1.29 is 4.79 Å². The number of likely N-dealkylation sites (tertiary alicyclic amines) is 1. The summed E-state index contributed by atoms with van der Waals surface area (Å²) >= 11 is 6.33. The minimum absolute atomic E-state index is 0.138. The summed E-state index contributed by atoms with van der Waals surface area (Å²) in [5.41, 5.74) is 2.53. The molecule has 0 bridgehead atoms. The molecule has 1 aliphatic heterocycles. The number of hydrogen-bond donors (Lipinski definition) is 3. The smallest absolute Gasteiger partial charge is 0.224 e. The molecule has 1 saturated heterocycles. The summed E-state index contributed by atoms with van der Waals surface area (Å²) in [4.78, 5) is 31.6. The number of H-pyrrole nitrogens is 1. The molecule has 8 nitrogen and oxygen atoms in total. The van der Waals surface area contributed by atoms with Gasteiger partial charge in [0.25, 0.3) is 0 Å². The molecule has 1 atom stereocenters. The molecule has 174 valence electrons. The molecule has 33 heavy (non-hydrogen) atoms. The summed E-state index contributed by atoms with van der Waals surface area (Å²) in [7, 11) is 0. The van der Waals surface area contributed by atoms with Crippen LogP contribution in [0.1, 0.15) is 39.0 Å². The van der Waals surface area contributed by atoms with Crippen molar-refractivity contribution in [2.75, 3.05) is 25.0 Å². The molecule has 1 aliphatic carbocycles. The monoisotopic (exact) mass is 467 g/mol. The first-order chi connectivity index (χ1) is 16.1. The lowest BCUT2D eigenvalue weighted by molar-refractivity contribution is -0.125. The number of carbonyl (C=O) groups is 1. The minimum Gasteiger partial charge on any atom is -0.353 e. The third kappa shape index (κ3) is 4.96. The standard InChI is InChI=1S/C24H30ClN7O/c1-2-32-11-9-15(14-32)23(33)28-16-5-7-17(8-6-16)29-24-30-20(12-21(25)31-24)19-13-27-22-18(19)4-3-10-26-22/h3-4,10,12-13,15-17H,2,5-9,11,14H2,1H3,(H,26,27)(H,28,33)(H,29,30,31). The van der Waals surface area contributed by atoms with Gasteiger partial charge in [0.1, 0.15) is 10.8 Å². The number of nitrogens with zero attached hydrogens (tertiary/aromatic N) is 4. The van der Waals surface area contributed by atoms with Crippen molar-refractivity contribution in [3.05, 3.63) is 35.7 Å². The van der Waals surface area contributed by atoms with Crippen LogP contribution in [0.2, 0.25) is 5.15 Å². The van der Waals surface area contributed by atoms with Gasteiger partial charge >= 0.3 is 0 Å². The number of aromatic nitrogens is 4. The molecule has 5 rings (SSSR count). The van der Waals surface area contributed by atoms with Crippen molar-refractivity contribution >= 4 is 34.5 Å². The van der Waals surface area contributed by atoms with Gasteiger partial charge in [-0.2, -0.15) is 0 Å². The van der Waals surface area contributed by atoms with Crippen LogP contribution in [-0.2, 0) is 4.79 Å². The van der Waals surface area contributed by atoms with Gasteiger partial charge in [0.2, 0.25) is 11.9 Å². The highest BCUT2D eigenvalue weighted by Crippen LogP contribution is 2.29. The van der Waals surface area contributed by atoms with E-state index in [4.69, 9.17) is 16.6 Å².